The van der Waals surface area contributed by atoms with Gasteiger partial charge in [-0.2, -0.15) is 4.31 Å². The van der Waals surface area contributed by atoms with Crippen LogP contribution >= 0.6 is 0 Å². The van der Waals surface area contributed by atoms with Crippen molar-refractivity contribution in [1.29, 1.82) is 0 Å². The molecule has 138 valence electrons. The molecule has 1 saturated heterocycles. The Bertz CT molecular complexity index is 1130. The van der Waals surface area contributed by atoms with Crippen LogP contribution in [0.3, 0.4) is 0 Å². The molecule has 0 aliphatic carbocycles. The van der Waals surface area contributed by atoms with E-state index in [2.05, 4.69) is 19.8 Å². The second-order valence-corrected chi connectivity index (χ2v) is 8.34. The maximum atomic E-state index is 13.0. The molecule has 3 heterocycles. The van der Waals surface area contributed by atoms with Gasteiger partial charge in [-0.25, -0.2) is 23.2 Å². The lowest BCUT2D eigenvalue weighted by atomic mass is 10.2. The Hall–Kier alpha value is -2.96. The third kappa shape index (κ3) is 2.93. The summed E-state index contributed by atoms with van der Waals surface area (Å²) in [4.78, 5) is 17.1. The van der Waals surface area contributed by atoms with Crippen LogP contribution in [0.4, 0.5) is 11.5 Å². The summed E-state index contributed by atoms with van der Waals surface area (Å²) in [6, 6.07) is 8.25. The predicted molar refractivity (Wildman–Crippen MR) is 102 cm³/mol. The molecular weight excluding hydrogens is 364 g/mol. The minimum Gasteiger partial charge on any atom is -0.355 e. The minimum atomic E-state index is -3.71. The molecule has 1 aliphatic rings. The highest BCUT2D eigenvalue weighted by molar-refractivity contribution is 7.89. The highest BCUT2D eigenvalue weighted by atomic mass is 32.2. The fourth-order valence-electron chi connectivity index (χ4n) is 3.46. The van der Waals surface area contributed by atoms with Crippen LogP contribution < -0.4 is 4.90 Å². The molecule has 1 fully saturated rings. The van der Waals surface area contributed by atoms with Crippen molar-refractivity contribution in [2.45, 2.75) is 17.4 Å². The molecule has 2 aromatic heterocycles. The summed E-state index contributed by atoms with van der Waals surface area (Å²) in [5, 5.41) is 0.902. The number of hydrogen-bond donors (Lipinski definition) is 1. The summed E-state index contributed by atoms with van der Waals surface area (Å²) in [6.45, 7) is 7.99. The lowest BCUT2D eigenvalue weighted by Gasteiger charge is -2.26. The lowest BCUT2D eigenvalue weighted by Crippen LogP contribution is -2.37. The second kappa shape index (κ2) is 6.64. The average molecular weight is 382 g/mol. The number of nitrogens with zero attached hydrogens (tertiary/aromatic N) is 5. The van der Waals surface area contributed by atoms with Gasteiger partial charge in [0.05, 0.1) is 16.9 Å². The van der Waals surface area contributed by atoms with Crippen molar-refractivity contribution >= 4 is 32.6 Å². The molecule has 1 aromatic carbocycles. The summed E-state index contributed by atoms with van der Waals surface area (Å²) in [5.74, 6) is 0.770. The number of benzene rings is 1. The smallest absolute Gasteiger partial charge is 0.233 e. The van der Waals surface area contributed by atoms with Crippen molar-refractivity contribution in [3.05, 3.63) is 54.3 Å². The molecule has 4 rings (SSSR count). The number of aromatic amines is 1. The third-order valence-corrected chi connectivity index (χ3v) is 6.86. The maximum absolute atomic E-state index is 13.0. The predicted octanol–water partition coefficient (Wildman–Crippen LogP) is 2.41. The SMILES string of the molecule is [C-]#[N+]c1ccccc1S(=O)(=O)N1CC[C@@H](N(C)c2ncnc3[nH]ccc23)C1. The number of sulfonamides is 1. The molecule has 0 spiro atoms. The van der Waals surface area contributed by atoms with E-state index in [0.29, 0.717) is 19.5 Å². The zero-order chi connectivity index (χ0) is 19.0. The van der Waals surface area contributed by atoms with E-state index < -0.39 is 10.0 Å². The van der Waals surface area contributed by atoms with Gasteiger partial charge in [-0.3, -0.25) is 0 Å². The Labute approximate surface area is 157 Å². The van der Waals surface area contributed by atoms with Crippen LogP contribution in [0.5, 0.6) is 0 Å². The van der Waals surface area contributed by atoms with E-state index in [-0.39, 0.29) is 16.6 Å². The number of para-hydroxylation sites is 1. The Morgan fingerprint density at radius 3 is 2.93 bits per heavy atom. The number of nitrogens with one attached hydrogen (secondary N) is 1. The van der Waals surface area contributed by atoms with Crippen LogP contribution in [0.2, 0.25) is 0 Å². The molecule has 1 N–H and O–H groups in total. The van der Waals surface area contributed by atoms with Gasteiger partial charge in [0, 0.05) is 32.4 Å². The van der Waals surface area contributed by atoms with Crippen molar-refractivity contribution in [2.24, 2.45) is 0 Å². The molecule has 3 aromatic rings. The number of rotatable bonds is 4. The number of fused-ring (bicyclic) bond motifs is 1. The van der Waals surface area contributed by atoms with Gasteiger partial charge in [0.25, 0.3) is 0 Å². The second-order valence-electron chi connectivity index (χ2n) is 6.43. The largest absolute Gasteiger partial charge is 0.355 e. The van der Waals surface area contributed by atoms with Crippen molar-refractivity contribution in [3.63, 3.8) is 0 Å². The molecule has 0 radical (unpaired) electrons. The molecule has 0 saturated carbocycles. The lowest BCUT2D eigenvalue weighted by molar-refractivity contribution is 0.471. The molecule has 0 bridgehead atoms. The first-order valence-corrected chi connectivity index (χ1v) is 9.94. The number of likely N-dealkylation sites (N-methyl/N-ethyl adjacent to an activating group) is 1. The quantitative estimate of drug-likeness (QED) is 0.700. The maximum Gasteiger partial charge on any atom is 0.233 e. The van der Waals surface area contributed by atoms with E-state index in [1.807, 2.05) is 24.2 Å². The number of hydrogen-bond acceptors (Lipinski definition) is 5. The molecule has 9 heteroatoms. The molecule has 1 atom stereocenters. The van der Waals surface area contributed by atoms with Crippen molar-refractivity contribution in [3.8, 4) is 0 Å². The number of aromatic nitrogens is 3. The number of H-pyrrole nitrogens is 1. The van der Waals surface area contributed by atoms with E-state index in [4.69, 9.17) is 6.57 Å². The van der Waals surface area contributed by atoms with Gasteiger partial charge in [0.2, 0.25) is 15.7 Å². The monoisotopic (exact) mass is 382 g/mol. The zero-order valence-corrected chi connectivity index (χ0v) is 15.5. The van der Waals surface area contributed by atoms with Crippen LogP contribution in [0.25, 0.3) is 15.9 Å². The minimum absolute atomic E-state index is 0.00659. The summed E-state index contributed by atoms with van der Waals surface area (Å²) in [7, 11) is -1.79. The van der Waals surface area contributed by atoms with Gasteiger partial charge >= 0.3 is 0 Å². The van der Waals surface area contributed by atoms with Crippen LogP contribution in [0.15, 0.2) is 47.8 Å². The highest BCUT2D eigenvalue weighted by Crippen LogP contribution is 2.31. The standard InChI is InChI=1S/C18H18N6O2S/c1-19-15-5-3-4-6-16(15)27(25,26)24-10-8-13(11-24)23(2)18-14-7-9-20-17(14)21-12-22-18/h3-7,9,12-13H,8,10-11H2,2H3,(H,20,21,22)/t13-/m1/s1. The first kappa shape index (κ1) is 17.5. The first-order valence-electron chi connectivity index (χ1n) is 8.50. The van der Waals surface area contributed by atoms with Gasteiger partial charge in [-0.05, 0) is 12.5 Å². The van der Waals surface area contributed by atoms with Crippen LogP contribution in [0, 0.1) is 6.57 Å². The highest BCUT2D eigenvalue weighted by Gasteiger charge is 2.36. The van der Waals surface area contributed by atoms with Crippen molar-refractivity contribution in [2.75, 3.05) is 25.0 Å². The third-order valence-electron chi connectivity index (χ3n) is 4.94. The van der Waals surface area contributed by atoms with E-state index >= 15 is 0 Å². The van der Waals surface area contributed by atoms with E-state index in [9.17, 15) is 8.42 Å². The van der Waals surface area contributed by atoms with Crippen molar-refractivity contribution in [1.82, 2.24) is 19.3 Å². The average Bonchev–Trinajstić information content (AvgIpc) is 3.36. The first-order chi connectivity index (χ1) is 13.0. The van der Waals surface area contributed by atoms with Gasteiger partial charge in [-0.15, -0.1) is 0 Å². The topological polar surface area (TPSA) is 86.6 Å². The fourth-order valence-corrected chi connectivity index (χ4v) is 5.09. The zero-order valence-electron chi connectivity index (χ0n) is 14.7. The van der Waals surface area contributed by atoms with Crippen LogP contribution in [0.1, 0.15) is 6.42 Å². The summed E-state index contributed by atoms with van der Waals surface area (Å²) < 4.78 is 27.5. The van der Waals surface area contributed by atoms with Gasteiger partial charge in [-0.1, -0.05) is 24.3 Å². The number of anilines is 1. The van der Waals surface area contributed by atoms with Gasteiger partial charge in [0.1, 0.15) is 17.8 Å². The Morgan fingerprint density at radius 2 is 2.11 bits per heavy atom. The normalized spacial score (nSPS) is 17.9. The summed E-state index contributed by atoms with van der Waals surface area (Å²) >= 11 is 0. The fraction of sp³-hybridized carbons (Fsp3) is 0.278. The molecule has 1 aliphatic heterocycles. The van der Waals surface area contributed by atoms with Gasteiger partial charge < -0.3 is 9.88 Å². The summed E-state index contributed by atoms with van der Waals surface area (Å²) in [6.07, 6.45) is 4.00. The molecule has 8 nitrogen and oxygen atoms in total. The molecule has 0 amide bonds. The summed E-state index contributed by atoms with van der Waals surface area (Å²) in [5.41, 5.74) is 0.902. The molecular formula is C18H18N6O2S. The Balaban J connectivity index is 1.60. The van der Waals surface area contributed by atoms with Gasteiger partial charge in [0.15, 0.2) is 0 Å². The molecule has 27 heavy (non-hydrogen) atoms. The van der Waals surface area contributed by atoms with Crippen LogP contribution in [-0.2, 0) is 10.0 Å². The Morgan fingerprint density at radius 1 is 1.30 bits per heavy atom. The van der Waals surface area contributed by atoms with E-state index in [1.165, 1.54) is 22.8 Å². The Kier molecular flexibility index (Phi) is 4.30. The van der Waals surface area contributed by atoms with Crippen molar-refractivity contribution < 1.29 is 8.42 Å². The van der Waals surface area contributed by atoms with E-state index in [0.717, 1.165) is 16.9 Å². The van der Waals surface area contributed by atoms with E-state index in [1.54, 1.807) is 12.1 Å². The van der Waals surface area contributed by atoms with Crippen LogP contribution in [-0.4, -0.2) is 53.9 Å². The molecule has 0 unspecified atom stereocenters.